The van der Waals surface area contributed by atoms with Gasteiger partial charge >= 0.3 is 0 Å². The fourth-order valence-corrected chi connectivity index (χ4v) is 3.39. The zero-order valence-corrected chi connectivity index (χ0v) is 9.92. The number of halogens is 2. The van der Waals surface area contributed by atoms with Gasteiger partial charge in [0.2, 0.25) is 0 Å². The SMILES string of the molecule is N[C@@H]1CCSCc2c(Cl)cc(Cl)cc21. The number of hydrogen-bond donors (Lipinski definition) is 1. The second-order valence-electron chi connectivity index (χ2n) is 3.40. The van der Waals surface area contributed by atoms with Crippen LogP contribution < -0.4 is 5.73 Å². The molecule has 0 fully saturated rings. The topological polar surface area (TPSA) is 26.0 Å². The molecule has 76 valence electrons. The molecule has 0 saturated carbocycles. The minimum Gasteiger partial charge on any atom is -0.324 e. The summed E-state index contributed by atoms with van der Waals surface area (Å²) < 4.78 is 0. The zero-order chi connectivity index (χ0) is 10.1. The molecule has 0 radical (unpaired) electrons. The van der Waals surface area contributed by atoms with Gasteiger partial charge in [-0.05, 0) is 35.4 Å². The van der Waals surface area contributed by atoms with Crippen LogP contribution in [0.1, 0.15) is 23.6 Å². The van der Waals surface area contributed by atoms with E-state index in [4.69, 9.17) is 28.9 Å². The minimum absolute atomic E-state index is 0.0798. The van der Waals surface area contributed by atoms with E-state index in [1.165, 1.54) is 0 Å². The van der Waals surface area contributed by atoms with Gasteiger partial charge in [-0.1, -0.05) is 23.2 Å². The molecule has 1 nitrogen and oxygen atoms in total. The first kappa shape index (κ1) is 10.6. The Morgan fingerprint density at radius 2 is 2.14 bits per heavy atom. The van der Waals surface area contributed by atoms with Crippen molar-refractivity contribution in [2.24, 2.45) is 5.73 Å². The predicted octanol–water partition coefficient (Wildman–Crippen LogP) is 3.63. The summed E-state index contributed by atoms with van der Waals surface area (Å²) in [5.41, 5.74) is 8.33. The highest BCUT2D eigenvalue weighted by Gasteiger charge is 2.18. The minimum atomic E-state index is 0.0798. The summed E-state index contributed by atoms with van der Waals surface area (Å²) in [6, 6.07) is 3.82. The van der Waals surface area contributed by atoms with E-state index in [0.717, 1.165) is 34.1 Å². The normalized spacial score (nSPS) is 21.5. The maximum absolute atomic E-state index is 6.13. The predicted molar refractivity (Wildman–Crippen MR) is 64.2 cm³/mol. The lowest BCUT2D eigenvalue weighted by molar-refractivity contribution is 0.705. The summed E-state index contributed by atoms with van der Waals surface area (Å²) in [4.78, 5) is 0. The molecule has 2 N–H and O–H groups in total. The fraction of sp³-hybridized carbons (Fsp3) is 0.400. The maximum Gasteiger partial charge on any atom is 0.0464 e. The van der Waals surface area contributed by atoms with Crippen LogP contribution in [0.2, 0.25) is 10.0 Å². The van der Waals surface area contributed by atoms with E-state index in [9.17, 15) is 0 Å². The Kier molecular flexibility index (Phi) is 3.27. The Morgan fingerprint density at radius 1 is 1.36 bits per heavy atom. The van der Waals surface area contributed by atoms with Crippen molar-refractivity contribution in [2.45, 2.75) is 18.2 Å². The molecule has 1 aliphatic rings. The third kappa shape index (κ3) is 2.03. The van der Waals surface area contributed by atoms with E-state index in [-0.39, 0.29) is 6.04 Å². The van der Waals surface area contributed by atoms with Gasteiger partial charge < -0.3 is 5.73 Å². The Morgan fingerprint density at radius 3 is 2.93 bits per heavy atom. The Balaban J connectivity index is 2.53. The van der Waals surface area contributed by atoms with Gasteiger partial charge in [0.15, 0.2) is 0 Å². The number of hydrogen-bond acceptors (Lipinski definition) is 2. The van der Waals surface area contributed by atoms with Crippen LogP contribution in [0.5, 0.6) is 0 Å². The average Bonchev–Trinajstić information content (AvgIpc) is 2.29. The molecule has 0 spiro atoms. The van der Waals surface area contributed by atoms with E-state index in [1.807, 2.05) is 17.8 Å². The third-order valence-electron chi connectivity index (χ3n) is 2.41. The molecule has 0 aliphatic carbocycles. The molecular weight excluding hydrogens is 237 g/mol. The van der Waals surface area contributed by atoms with Crippen LogP contribution in [0.25, 0.3) is 0 Å². The molecule has 1 atom stereocenters. The Hall–Kier alpha value is 0.110. The van der Waals surface area contributed by atoms with Gasteiger partial charge in [0.25, 0.3) is 0 Å². The molecule has 2 rings (SSSR count). The van der Waals surface area contributed by atoms with Crippen LogP contribution in [-0.4, -0.2) is 5.75 Å². The molecular formula is C10H11Cl2NS. The lowest BCUT2D eigenvalue weighted by Crippen LogP contribution is -2.11. The largest absolute Gasteiger partial charge is 0.324 e. The first-order chi connectivity index (χ1) is 6.68. The summed E-state index contributed by atoms with van der Waals surface area (Å²) in [5.74, 6) is 2.03. The number of thioether (sulfide) groups is 1. The molecule has 1 aromatic rings. The first-order valence-corrected chi connectivity index (χ1v) is 6.40. The van der Waals surface area contributed by atoms with E-state index < -0.39 is 0 Å². The van der Waals surface area contributed by atoms with Crippen molar-refractivity contribution in [3.63, 3.8) is 0 Å². The highest BCUT2D eigenvalue weighted by molar-refractivity contribution is 7.98. The third-order valence-corrected chi connectivity index (χ3v) is 3.99. The first-order valence-electron chi connectivity index (χ1n) is 4.49. The molecule has 1 heterocycles. The van der Waals surface area contributed by atoms with Gasteiger partial charge in [-0.3, -0.25) is 0 Å². The maximum atomic E-state index is 6.13. The van der Waals surface area contributed by atoms with Gasteiger partial charge in [0, 0.05) is 21.8 Å². The van der Waals surface area contributed by atoms with Crippen LogP contribution in [0.3, 0.4) is 0 Å². The number of fused-ring (bicyclic) bond motifs is 1. The van der Waals surface area contributed by atoms with Gasteiger partial charge in [-0.15, -0.1) is 0 Å². The van der Waals surface area contributed by atoms with Crippen molar-refractivity contribution < 1.29 is 0 Å². The lowest BCUT2D eigenvalue weighted by Gasteiger charge is -2.13. The molecule has 1 aliphatic heterocycles. The van der Waals surface area contributed by atoms with E-state index in [1.54, 1.807) is 6.07 Å². The van der Waals surface area contributed by atoms with Crippen LogP contribution in [0.4, 0.5) is 0 Å². The lowest BCUT2D eigenvalue weighted by atomic mass is 10.0. The van der Waals surface area contributed by atoms with Gasteiger partial charge in [0.05, 0.1) is 0 Å². The van der Waals surface area contributed by atoms with Crippen molar-refractivity contribution >= 4 is 35.0 Å². The quantitative estimate of drug-likeness (QED) is 0.758. The molecule has 14 heavy (non-hydrogen) atoms. The number of rotatable bonds is 0. The van der Waals surface area contributed by atoms with Crippen LogP contribution in [-0.2, 0) is 5.75 Å². The van der Waals surface area contributed by atoms with Crippen LogP contribution >= 0.6 is 35.0 Å². The molecule has 4 heteroatoms. The summed E-state index contributed by atoms with van der Waals surface area (Å²) in [5, 5.41) is 1.42. The molecule has 0 unspecified atom stereocenters. The fourth-order valence-electron chi connectivity index (χ4n) is 1.65. The molecule has 0 bridgehead atoms. The average molecular weight is 248 g/mol. The van der Waals surface area contributed by atoms with Crippen molar-refractivity contribution in [3.05, 3.63) is 33.3 Å². The monoisotopic (exact) mass is 247 g/mol. The van der Waals surface area contributed by atoms with Crippen molar-refractivity contribution in [2.75, 3.05) is 5.75 Å². The molecule has 0 saturated heterocycles. The smallest absolute Gasteiger partial charge is 0.0464 e. The second kappa shape index (κ2) is 4.31. The highest BCUT2D eigenvalue weighted by atomic mass is 35.5. The van der Waals surface area contributed by atoms with Crippen molar-refractivity contribution in [3.8, 4) is 0 Å². The second-order valence-corrected chi connectivity index (χ2v) is 5.35. The molecule has 0 aromatic heterocycles. The zero-order valence-electron chi connectivity index (χ0n) is 7.59. The molecule has 1 aromatic carbocycles. The van der Waals surface area contributed by atoms with E-state index >= 15 is 0 Å². The van der Waals surface area contributed by atoms with Crippen LogP contribution in [0.15, 0.2) is 12.1 Å². The van der Waals surface area contributed by atoms with Gasteiger partial charge in [0.1, 0.15) is 0 Å². The van der Waals surface area contributed by atoms with E-state index in [2.05, 4.69) is 0 Å². The number of nitrogens with two attached hydrogens (primary N) is 1. The summed E-state index contributed by atoms with van der Waals surface area (Å²) >= 11 is 14.0. The highest BCUT2D eigenvalue weighted by Crippen LogP contribution is 2.35. The Labute approximate surface area is 98.0 Å². The van der Waals surface area contributed by atoms with Gasteiger partial charge in [-0.2, -0.15) is 11.8 Å². The van der Waals surface area contributed by atoms with Crippen molar-refractivity contribution in [1.82, 2.24) is 0 Å². The van der Waals surface area contributed by atoms with E-state index in [0.29, 0.717) is 5.02 Å². The van der Waals surface area contributed by atoms with Crippen LogP contribution in [0, 0.1) is 0 Å². The van der Waals surface area contributed by atoms with Gasteiger partial charge in [-0.25, -0.2) is 0 Å². The van der Waals surface area contributed by atoms with Crippen molar-refractivity contribution in [1.29, 1.82) is 0 Å². The number of benzene rings is 1. The standard InChI is InChI=1S/C10H11Cl2NS/c11-6-3-7-8(9(12)4-6)5-14-2-1-10(7)13/h3-4,10H,1-2,5,13H2/t10-/m1/s1. The summed E-state index contributed by atoms with van der Waals surface area (Å²) in [6.45, 7) is 0. The summed E-state index contributed by atoms with van der Waals surface area (Å²) in [6.07, 6.45) is 0.994. The Bertz CT molecular complexity index is 354. The molecule has 0 amide bonds. The summed E-state index contributed by atoms with van der Waals surface area (Å²) in [7, 11) is 0.